The molecule has 1 unspecified atom stereocenters. The summed E-state index contributed by atoms with van der Waals surface area (Å²) in [6.07, 6.45) is 0. The van der Waals surface area contributed by atoms with Gasteiger partial charge in [0.2, 0.25) is 5.91 Å². The van der Waals surface area contributed by atoms with Crippen LogP contribution < -0.4 is 10.1 Å². The van der Waals surface area contributed by atoms with Crippen molar-refractivity contribution in [3.05, 3.63) is 60.7 Å². The van der Waals surface area contributed by atoms with Gasteiger partial charge in [-0.3, -0.25) is 4.79 Å². The third-order valence-corrected chi connectivity index (χ3v) is 4.72. The van der Waals surface area contributed by atoms with Gasteiger partial charge in [0.15, 0.2) is 0 Å². The minimum Gasteiger partial charge on any atom is -0.492 e. The number of para-hydroxylation sites is 3. The van der Waals surface area contributed by atoms with Crippen LogP contribution in [0.1, 0.15) is 13.8 Å². The van der Waals surface area contributed by atoms with E-state index in [0.717, 1.165) is 15.9 Å². The van der Waals surface area contributed by atoms with Crippen molar-refractivity contribution >= 4 is 34.3 Å². The minimum absolute atomic E-state index is 0.0767. The molecule has 4 nitrogen and oxygen atoms in total. The molecule has 1 heterocycles. The molecule has 0 aliphatic rings. The van der Waals surface area contributed by atoms with Crippen LogP contribution in [0.3, 0.4) is 0 Å². The first-order chi connectivity index (χ1) is 12.2. The highest BCUT2D eigenvalue weighted by atomic mass is 32.2. The van der Waals surface area contributed by atoms with E-state index in [4.69, 9.17) is 4.74 Å². The molecule has 0 aliphatic heterocycles. The summed E-state index contributed by atoms with van der Waals surface area (Å²) >= 11 is 1.44. The van der Waals surface area contributed by atoms with Crippen LogP contribution in [-0.4, -0.2) is 22.7 Å². The number of nitrogens with one attached hydrogen (secondary N) is 1. The van der Waals surface area contributed by atoms with E-state index in [0.29, 0.717) is 18.0 Å². The number of ether oxygens (including phenoxy) is 1. The molecule has 0 radical (unpaired) electrons. The zero-order valence-electron chi connectivity index (χ0n) is 14.2. The molecule has 0 saturated heterocycles. The zero-order chi connectivity index (χ0) is 17.6. The lowest BCUT2D eigenvalue weighted by molar-refractivity contribution is -0.115. The van der Waals surface area contributed by atoms with Crippen LogP contribution in [0.2, 0.25) is 0 Å². The van der Waals surface area contributed by atoms with Crippen molar-refractivity contribution in [2.75, 3.05) is 11.9 Å². The molecule has 1 atom stereocenters. The van der Waals surface area contributed by atoms with Gasteiger partial charge in [0, 0.05) is 5.39 Å². The summed E-state index contributed by atoms with van der Waals surface area (Å²) in [4.78, 5) is 17.1. The molecule has 1 N–H and O–H groups in total. The minimum atomic E-state index is -0.275. The Morgan fingerprint density at radius 3 is 2.72 bits per heavy atom. The highest BCUT2D eigenvalue weighted by Gasteiger charge is 2.17. The summed E-state index contributed by atoms with van der Waals surface area (Å²) in [5.41, 5.74) is 1.62. The molecule has 128 valence electrons. The van der Waals surface area contributed by atoms with Crippen LogP contribution in [0.5, 0.6) is 5.75 Å². The van der Waals surface area contributed by atoms with Gasteiger partial charge < -0.3 is 10.1 Å². The number of rotatable bonds is 6. The van der Waals surface area contributed by atoms with Crippen molar-refractivity contribution in [3.63, 3.8) is 0 Å². The van der Waals surface area contributed by atoms with Gasteiger partial charge in [-0.05, 0) is 38.1 Å². The van der Waals surface area contributed by atoms with Gasteiger partial charge in [0.05, 0.1) is 28.1 Å². The van der Waals surface area contributed by atoms with Gasteiger partial charge in [0.25, 0.3) is 0 Å². The Labute approximate surface area is 151 Å². The van der Waals surface area contributed by atoms with Gasteiger partial charge in [-0.1, -0.05) is 48.2 Å². The zero-order valence-corrected chi connectivity index (χ0v) is 15.0. The van der Waals surface area contributed by atoms with E-state index in [1.807, 2.05) is 74.5 Å². The number of carbonyl (C=O) groups is 1. The van der Waals surface area contributed by atoms with E-state index in [9.17, 15) is 4.79 Å². The fourth-order valence-corrected chi connectivity index (χ4v) is 3.26. The van der Waals surface area contributed by atoms with Gasteiger partial charge >= 0.3 is 0 Å². The third-order valence-electron chi connectivity index (χ3n) is 3.68. The van der Waals surface area contributed by atoms with Crippen LogP contribution in [0.15, 0.2) is 65.7 Å². The number of hydrogen-bond donors (Lipinski definition) is 1. The van der Waals surface area contributed by atoms with E-state index < -0.39 is 0 Å². The summed E-state index contributed by atoms with van der Waals surface area (Å²) in [5, 5.41) is 4.59. The second kappa shape index (κ2) is 8.03. The SMILES string of the molecule is CCOc1ccccc1NC(=O)C(C)Sc1ccc2ccccc2n1. The average molecular weight is 352 g/mol. The molecule has 0 aliphatic carbocycles. The summed E-state index contributed by atoms with van der Waals surface area (Å²) in [6.45, 7) is 4.35. The predicted molar refractivity (Wildman–Crippen MR) is 103 cm³/mol. The molecule has 0 spiro atoms. The van der Waals surface area contributed by atoms with E-state index >= 15 is 0 Å². The van der Waals surface area contributed by atoms with E-state index in [1.165, 1.54) is 11.8 Å². The molecule has 0 saturated carbocycles. The number of carbonyl (C=O) groups excluding carboxylic acids is 1. The Kier molecular flexibility index (Phi) is 5.56. The van der Waals surface area contributed by atoms with Crippen molar-refractivity contribution in [1.82, 2.24) is 4.98 Å². The number of fused-ring (bicyclic) bond motifs is 1. The second-order valence-corrected chi connectivity index (χ2v) is 6.88. The number of hydrogen-bond acceptors (Lipinski definition) is 4. The van der Waals surface area contributed by atoms with Gasteiger partial charge in [-0.15, -0.1) is 0 Å². The summed E-state index contributed by atoms with van der Waals surface area (Å²) in [7, 11) is 0. The van der Waals surface area contributed by atoms with Crippen LogP contribution in [0.4, 0.5) is 5.69 Å². The molecule has 1 aromatic heterocycles. The Bertz CT molecular complexity index is 882. The molecule has 1 amide bonds. The Morgan fingerprint density at radius 2 is 1.88 bits per heavy atom. The number of anilines is 1. The molecule has 5 heteroatoms. The summed E-state index contributed by atoms with van der Waals surface area (Å²) in [6, 6.07) is 19.4. The first-order valence-electron chi connectivity index (χ1n) is 8.22. The smallest absolute Gasteiger partial charge is 0.237 e. The first-order valence-corrected chi connectivity index (χ1v) is 9.10. The molecule has 3 rings (SSSR count). The second-order valence-electron chi connectivity index (χ2n) is 5.52. The van der Waals surface area contributed by atoms with Gasteiger partial charge in [0.1, 0.15) is 5.75 Å². The highest BCUT2D eigenvalue weighted by molar-refractivity contribution is 8.00. The monoisotopic (exact) mass is 352 g/mol. The molecule has 25 heavy (non-hydrogen) atoms. The molecule has 2 aromatic carbocycles. The lowest BCUT2D eigenvalue weighted by Gasteiger charge is -2.14. The fourth-order valence-electron chi connectivity index (χ4n) is 2.43. The Balaban J connectivity index is 1.69. The Hall–Kier alpha value is -2.53. The summed E-state index contributed by atoms with van der Waals surface area (Å²) in [5.74, 6) is 0.603. The lowest BCUT2D eigenvalue weighted by Crippen LogP contribution is -2.22. The maximum absolute atomic E-state index is 12.5. The van der Waals surface area contributed by atoms with Crippen molar-refractivity contribution < 1.29 is 9.53 Å². The third kappa shape index (κ3) is 4.31. The van der Waals surface area contributed by atoms with Crippen molar-refractivity contribution in [2.24, 2.45) is 0 Å². The number of thioether (sulfide) groups is 1. The topological polar surface area (TPSA) is 51.2 Å². The number of amides is 1. The predicted octanol–water partition coefficient (Wildman–Crippen LogP) is 4.75. The van der Waals surface area contributed by atoms with Crippen molar-refractivity contribution in [1.29, 1.82) is 0 Å². The molecular weight excluding hydrogens is 332 g/mol. The largest absolute Gasteiger partial charge is 0.492 e. The van der Waals surface area contributed by atoms with Crippen molar-refractivity contribution in [3.8, 4) is 5.75 Å². The van der Waals surface area contributed by atoms with E-state index in [2.05, 4.69) is 10.3 Å². The van der Waals surface area contributed by atoms with Crippen LogP contribution in [0, 0.1) is 0 Å². The van der Waals surface area contributed by atoms with E-state index in [-0.39, 0.29) is 11.2 Å². The molecular formula is C20H20N2O2S. The molecule has 0 bridgehead atoms. The van der Waals surface area contributed by atoms with Crippen LogP contribution in [-0.2, 0) is 4.79 Å². The quantitative estimate of drug-likeness (QED) is 0.650. The normalized spacial score (nSPS) is 11.9. The average Bonchev–Trinajstić information content (AvgIpc) is 2.63. The number of nitrogens with zero attached hydrogens (tertiary/aromatic N) is 1. The number of benzene rings is 2. The van der Waals surface area contributed by atoms with Crippen LogP contribution in [0.25, 0.3) is 10.9 Å². The number of pyridine rings is 1. The lowest BCUT2D eigenvalue weighted by atomic mass is 10.2. The maximum Gasteiger partial charge on any atom is 0.237 e. The number of aromatic nitrogens is 1. The summed E-state index contributed by atoms with van der Waals surface area (Å²) < 4.78 is 5.55. The van der Waals surface area contributed by atoms with Crippen molar-refractivity contribution in [2.45, 2.75) is 24.1 Å². The van der Waals surface area contributed by atoms with E-state index in [1.54, 1.807) is 0 Å². The first kappa shape index (κ1) is 17.3. The molecule has 3 aromatic rings. The Morgan fingerprint density at radius 1 is 1.12 bits per heavy atom. The van der Waals surface area contributed by atoms with Crippen LogP contribution >= 0.6 is 11.8 Å². The van der Waals surface area contributed by atoms with Gasteiger partial charge in [-0.2, -0.15) is 0 Å². The fraction of sp³-hybridized carbons (Fsp3) is 0.200. The standard InChI is InChI=1S/C20H20N2O2S/c1-3-24-18-11-7-6-10-17(18)22-20(23)14(2)25-19-13-12-15-8-4-5-9-16(15)21-19/h4-14H,3H2,1-2H3,(H,22,23). The highest BCUT2D eigenvalue weighted by Crippen LogP contribution is 2.27. The molecule has 0 fully saturated rings. The maximum atomic E-state index is 12.5. The van der Waals surface area contributed by atoms with Gasteiger partial charge in [-0.25, -0.2) is 4.98 Å².